The van der Waals surface area contributed by atoms with Crippen LogP contribution in [0, 0.1) is 0 Å². The van der Waals surface area contributed by atoms with E-state index in [4.69, 9.17) is 12.2 Å². The highest BCUT2D eigenvalue weighted by molar-refractivity contribution is 7.80. The number of hydrogen-bond donors (Lipinski definition) is 3. The van der Waals surface area contributed by atoms with E-state index in [0.29, 0.717) is 23.3 Å². The zero-order chi connectivity index (χ0) is 15.8. The Morgan fingerprint density at radius 1 is 1.32 bits per heavy atom. The molecular weight excluding hydrogens is 294 g/mol. The molecule has 0 saturated heterocycles. The van der Waals surface area contributed by atoms with E-state index >= 15 is 0 Å². The maximum atomic E-state index is 12.3. The van der Waals surface area contributed by atoms with Crippen LogP contribution in [0.1, 0.15) is 42.5 Å². The number of benzene rings is 1. The average molecular weight is 317 g/mol. The first kappa shape index (κ1) is 16.5. The number of rotatable bonds is 5. The summed E-state index contributed by atoms with van der Waals surface area (Å²) in [6.45, 7) is 4.23. The summed E-state index contributed by atoms with van der Waals surface area (Å²) in [7, 11) is 0. The highest BCUT2D eigenvalue weighted by atomic mass is 32.1. The number of carbonyl (C=O) groups excluding carboxylic acids is 1. The Kier molecular flexibility index (Phi) is 6.40. The van der Waals surface area contributed by atoms with Crippen molar-refractivity contribution in [3.05, 3.63) is 42.5 Å². The minimum absolute atomic E-state index is 0.0134. The lowest BCUT2D eigenvalue weighted by Gasteiger charge is -2.22. The smallest absolute Gasteiger partial charge is 0.251 e. The normalized spacial score (nSPS) is 14.9. The Labute approximate surface area is 137 Å². The fourth-order valence-corrected chi connectivity index (χ4v) is 2.80. The third kappa shape index (κ3) is 5.15. The molecule has 0 spiro atoms. The quantitative estimate of drug-likeness (QED) is 0.576. The lowest BCUT2D eigenvalue weighted by molar-refractivity contribution is 0.0928. The second kappa shape index (κ2) is 8.54. The first-order chi connectivity index (χ1) is 10.7. The van der Waals surface area contributed by atoms with Gasteiger partial charge in [-0.15, -0.1) is 6.58 Å². The van der Waals surface area contributed by atoms with Gasteiger partial charge < -0.3 is 16.0 Å². The molecule has 5 heteroatoms. The van der Waals surface area contributed by atoms with Crippen LogP contribution in [0.5, 0.6) is 0 Å². The van der Waals surface area contributed by atoms with Gasteiger partial charge in [-0.2, -0.15) is 0 Å². The lowest BCUT2D eigenvalue weighted by atomic mass is 9.95. The van der Waals surface area contributed by atoms with Crippen molar-refractivity contribution in [3.63, 3.8) is 0 Å². The predicted octanol–water partition coefficient (Wildman–Crippen LogP) is 3.22. The van der Waals surface area contributed by atoms with E-state index in [9.17, 15) is 4.79 Å². The Morgan fingerprint density at radius 2 is 2.09 bits per heavy atom. The Bertz CT molecular complexity index is 538. The van der Waals surface area contributed by atoms with Gasteiger partial charge in [0.25, 0.3) is 5.91 Å². The van der Waals surface area contributed by atoms with Crippen molar-refractivity contribution in [2.45, 2.75) is 38.1 Å². The fourth-order valence-electron chi connectivity index (χ4n) is 2.59. The number of carbonyl (C=O) groups is 1. The number of anilines is 1. The summed E-state index contributed by atoms with van der Waals surface area (Å²) in [5.41, 5.74) is 1.46. The van der Waals surface area contributed by atoms with Gasteiger partial charge in [-0.3, -0.25) is 4.79 Å². The molecule has 22 heavy (non-hydrogen) atoms. The minimum atomic E-state index is -0.0134. The van der Waals surface area contributed by atoms with Crippen molar-refractivity contribution >= 4 is 28.9 Å². The van der Waals surface area contributed by atoms with Gasteiger partial charge in [0.05, 0.1) is 0 Å². The van der Waals surface area contributed by atoms with Crippen molar-refractivity contribution in [2.75, 3.05) is 11.9 Å². The molecule has 3 N–H and O–H groups in total. The van der Waals surface area contributed by atoms with Crippen LogP contribution in [0.3, 0.4) is 0 Å². The van der Waals surface area contributed by atoms with Gasteiger partial charge in [-0.1, -0.05) is 31.4 Å². The predicted molar refractivity (Wildman–Crippen MR) is 95.2 cm³/mol. The number of thiocarbonyl (C=S) groups is 1. The summed E-state index contributed by atoms with van der Waals surface area (Å²) in [6, 6.07) is 7.70. The van der Waals surface area contributed by atoms with E-state index in [1.165, 1.54) is 19.3 Å². The Morgan fingerprint density at radius 3 is 2.82 bits per heavy atom. The van der Waals surface area contributed by atoms with E-state index in [1.54, 1.807) is 6.08 Å². The zero-order valence-electron chi connectivity index (χ0n) is 12.7. The lowest BCUT2D eigenvalue weighted by Crippen LogP contribution is -2.36. The standard InChI is InChI=1S/C17H23N3OS/c1-2-11-18-17(22)20-15-10-6-7-13(12-15)16(21)19-14-8-4-3-5-9-14/h2,6-7,10,12,14H,1,3-5,8-9,11H2,(H,19,21)(H2,18,20,22). The molecule has 0 aliphatic heterocycles. The molecule has 1 amide bonds. The van der Waals surface area contributed by atoms with Gasteiger partial charge in [0, 0.05) is 23.8 Å². The maximum Gasteiger partial charge on any atom is 0.251 e. The second-order valence-electron chi connectivity index (χ2n) is 5.51. The van der Waals surface area contributed by atoms with Crippen molar-refractivity contribution in [1.29, 1.82) is 0 Å². The first-order valence-electron chi connectivity index (χ1n) is 7.75. The molecule has 1 saturated carbocycles. The zero-order valence-corrected chi connectivity index (χ0v) is 13.5. The van der Waals surface area contributed by atoms with Crippen LogP contribution in [0.2, 0.25) is 0 Å². The molecule has 1 aromatic carbocycles. The van der Waals surface area contributed by atoms with Crippen molar-refractivity contribution < 1.29 is 4.79 Å². The molecule has 1 fully saturated rings. The van der Waals surface area contributed by atoms with Crippen LogP contribution < -0.4 is 16.0 Å². The molecule has 118 valence electrons. The van der Waals surface area contributed by atoms with E-state index < -0.39 is 0 Å². The van der Waals surface area contributed by atoms with Crippen molar-refractivity contribution in [2.24, 2.45) is 0 Å². The Balaban J connectivity index is 1.93. The van der Waals surface area contributed by atoms with Crippen LogP contribution in [0.4, 0.5) is 5.69 Å². The van der Waals surface area contributed by atoms with Gasteiger partial charge in [-0.05, 0) is 43.3 Å². The fraction of sp³-hybridized carbons (Fsp3) is 0.412. The highest BCUT2D eigenvalue weighted by Crippen LogP contribution is 2.18. The van der Waals surface area contributed by atoms with Gasteiger partial charge >= 0.3 is 0 Å². The summed E-state index contributed by atoms with van der Waals surface area (Å²) < 4.78 is 0. The monoisotopic (exact) mass is 317 g/mol. The summed E-state index contributed by atoms with van der Waals surface area (Å²) in [5.74, 6) is -0.0134. The van der Waals surface area contributed by atoms with Gasteiger partial charge in [-0.25, -0.2) is 0 Å². The molecule has 0 bridgehead atoms. The largest absolute Gasteiger partial charge is 0.359 e. The van der Waals surface area contributed by atoms with Crippen molar-refractivity contribution in [3.8, 4) is 0 Å². The number of amides is 1. The molecule has 1 aromatic rings. The van der Waals surface area contributed by atoms with Crippen LogP contribution in [-0.2, 0) is 0 Å². The molecule has 0 atom stereocenters. The van der Waals surface area contributed by atoms with E-state index in [0.717, 1.165) is 18.5 Å². The van der Waals surface area contributed by atoms with Crippen LogP contribution in [0.15, 0.2) is 36.9 Å². The molecular formula is C17H23N3OS. The minimum Gasteiger partial charge on any atom is -0.359 e. The number of nitrogens with one attached hydrogen (secondary N) is 3. The highest BCUT2D eigenvalue weighted by Gasteiger charge is 2.16. The van der Waals surface area contributed by atoms with Crippen LogP contribution in [-0.4, -0.2) is 23.6 Å². The molecule has 1 aliphatic carbocycles. The van der Waals surface area contributed by atoms with Crippen LogP contribution >= 0.6 is 12.2 Å². The second-order valence-corrected chi connectivity index (χ2v) is 5.92. The van der Waals surface area contributed by atoms with Gasteiger partial charge in [0.2, 0.25) is 0 Å². The summed E-state index contributed by atoms with van der Waals surface area (Å²) >= 11 is 5.17. The van der Waals surface area contributed by atoms with Gasteiger partial charge in [0.1, 0.15) is 0 Å². The van der Waals surface area contributed by atoms with Crippen molar-refractivity contribution in [1.82, 2.24) is 10.6 Å². The average Bonchev–Trinajstić information content (AvgIpc) is 2.54. The summed E-state index contributed by atoms with van der Waals surface area (Å²) in [6.07, 6.45) is 7.59. The summed E-state index contributed by atoms with van der Waals surface area (Å²) in [5, 5.41) is 9.70. The maximum absolute atomic E-state index is 12.3. The third-order valence-electron chi connectivity index (χ3n) is 3.73. The van der Waals surface area contributed by atoms with E-state index in [-0.39, 0.29) is 5.91 Å². The molecule has 0 unspecified atom stereocenters. The van der Waals surface area contributed by atoms with Crippen LogP contribution in [0.25, 0.3) is 0 Å². The topological polar surface area (TPSA) is 53.2 Å². The molecule has 1 aliphatic rings. The van der Waals surface area contributed by atoms with E-state index in [2.05, 4.69) is 22.5 Å². The van der Waals surface area contributed by atoms with E-state index in [1.807, 2.05) is 24.3 Å². The summed E-state index contributed by atoms with van der Waals surface area (Å²) in [4.78, 5) is 12.3. The van der Waals surface area contributed by atoms with Gasteiger partial charge in [0.15, 0.2) is 5.11 Å². The molecule has 0 aromatic heterocycles. The molecule has 2 rings (SSSR count). The number of hydrogen-bond acceptors (Lipinski definition) is 2. The molecule has 0 radical (unpaired) electrons. The third-order valence-corrected chi connectivity index (χ3v) is 3.98. The Hall–Kier alpha value is -1.88. The SMILES string of the molecule is C=CCNC(=S)Nc1cccc(C(=O)NC2CCCCC2)c1. The first-order valence-corrected chi connectivity index (χ1v) is 8.16. The molecule has 0 heterocycles. The molecule has 4 nitrogen and oxygen atoms in total.